The van der Waals surface area contributed by atoms with Gasteiger partial charge in [-0.3, -0.25) is 39.0 Å². The minimum Gasteiger partial charge on any atom is -0.375 e. The van der Waals surface area contributed by atoms with Crippen molar-refractivity contribution < 1.29 is 28.8 Å². The summed E-state index contributed by atoms with van der Waals surface area (Å²) in [7, 11) is 1.44. The molecule has 1 aromatic carbocycles. The van der Waals surface area contributed by atoms with Crippen molar-refractivity contribution >= 4 is 41.1 Å². The second-order valence-electron chi connectivity index (χ2n) is 6.48. The van der Waals surface area contributed by atoms with Crippen molar-refractivity contribution in [2.75, 3.05) is 25.5 Å². The smallest absolute Gasteiger partial charge is 0.264 e. The lowest BCUT2D eigenvalue weighted by Gasteiger charge is -2.27. The number of carbonyl (C=O) groups is 6. The summed E-state index contributed by atoms with van der Waals surface area (Å²) in [4.78, 5) is 73.0. The van der Waals surface area contributed by atoms with E-state index in [0.717, 1.165) is 4.90 Å². The maximum absolute atomic E-state index is 12.9. The monoisotopic (exact) mass is 401 g/mol. The van der Waals surface area contributed by atoms with Crippen molar-refractivity contribution in [2.45, 2.75) is 18.9 Å². The van der Waals surface area contributed by atoms with Crippen molar-refractivity contribution in [3.05, 3.63) is 29.3 Å². The second-order valence-corrected chi connectivity index (χ2v) is 6.48. The van der Waals surface area contributed by atoms with E-state index in [2.05, 4.69) is 21.3 Å². The number of hydrogen-bond donors (Lipinski definition) is 4. The molecular weight excluding hydrogens is 382 g/mol. The first-order valence-electron chi connectivity index (χ1n) is 8.89. The molecule has 4 N–H and O–H groups in total. The molecule has 152 valence electrons. The van der Waals surface area contributed by atoms with E-state index in [0.29, 0.717) is 0 Å². The van der Waals surface area contributed by atoms with Crippen molar-refractivity contribution in [3.63, 3.8) is 0 Å². The van der Waals surface area contributed by atoms with Gasteiger partial charge in [0.1, 0.15) is 6.04 Å². The summed E-state index contributed by atoms with van der Waals surface area (Å²) in [6, 6.07) is 3.47. The molecule has 1 fully saturated rings. The summed E-state index contributed by atoms with van der Waals surface area (Å²) in [5, 5.41) is 9.68. The van der Waals surface area contributed by atoms with Gasteiger partial charge in [-0.05, 0) is 18.6 Å². The fraction of sp³-hybridized carbons (Fsp3) is 0.333. The van der Waals surface area contributed by atoms with Crippen molar-refractivity contribution in [3.8, 4) is 0 Å². The largest absolute Gasteiger partial charge is 0.375 e. The molecule has 0 bridgehead atoms. The fourth-order valence-corrected chi connectivity index (χ4v) is 3.17. The van der Waals surface area contributed by atoms with Crippen LogP contribution in [0.25, 0.3) is 0 Å². The number of carbonyl (C=O) groups excluding carboxylic acids is 6. The lowest BCUT2D eigenvalue weighted by atomic mass is 10.0. The zero-order valence-electron chi connectivity index (χ0n) is 15.5. The summed E-state index contributed by atoms with van der Waals surface area (Å²) >= 11 is 0. The van der Waals surface area contributed by atoms with Crippen LogP contribution in [0, 0.1) is 0 Å². The van der Waals surface area contributed by atoms with Gasteiger partial charge in [0.25, 0.3) is 11.8 Å². The molecule has 1 saturated heterocycles. The number of hydrogen-bond acceptors (Lipinski definition) is 7. The van der Waals surface area contributed by atoms with Crippen molar-refractivity contribution in [1.82, 2.24) is 20.9 Å². The van der Waals surface area contributed by atoms with Crippen LogP contribution in [0.5, 0.6) is 0 Å². The van der Waals surface area contributed by atoms with Gasteiger partial charge in [-0.15, -0.1) is 0 Å². The van der Waals surface area contributed by atoms with Gasteiger partial charge in [0.05, 0.1) is 24.2 Å². The van der Waals surface area contributed by atoms with Crippen LogP contribution < -0.4 is 21.3 Å². The Bertz CT molecular complexity index is 927. The number of piperidine rings is 1. The van der Waals surface area contributed by atoms with E-state index in [-0.39, 0.29) is 48.7 Å². The van der Waals surface area contributed by atoms with E-state index in [1.807, 2.05) is 0 Å². The Hall–Kier alpha value is -3.76. The summed E-state index contributed by atoms with van der Waals surface area (Å²) in [5.41, 5.74) is 0.419. The summed E-state index contributed by atoms with van der Waals surface area (Å²) in [6.07, 6.45) is 0.0845. The number of nitrogens with one attached hydrogen (secondary N) is 4. The quantitative estimate of drug-likeness (QED) is 0.417. The third-order valence-electron chi connectivity index (χ3n) is 4.63. The lowest BCUT2D eigenvalue weighted by Crippen LogP contribution is -2.54. The first kappa shape index (κ1) is 20.0. The number of imide groups is 2. The minimum absolute atomic E-state index is 0.0282. The molecule has 3 rings (SSSR count). The zero-order chi connectivity index (χ0) is 21.1. The van der Waals surface area contributed by atoms with Gasteiger partial charge in [0.2, 0.25) is 23.6 Å². The maximum Gasteiger partial charge on any atom is 0.264 e. The minimum atomic E-state index is -1.07. The Labute approximate surface area is 165 Å². The van der Waals surface area contributed by atoms with E-state index in [9.17, 15) is 28.8 Å². The summed E-state index contributed by atoms with van der Waals surface area (Å²) in [5.74, 6) is -3.29. The van der Waals surface area contributed by atoms with Crippen LogP contribution in [0.3, 0.4) is 0 Å². The number of anilines is 1. The Morgan fingerprint density at radius 3 is 2.55 bits per heavy atom. The van der Waals surface area contributed by atoms with Crippen LogP contribution in [0.4, 0.5) is 5.69 Å². The molecule has 29 heavy (non-hydrogen) atoms. The third kappa shape index (κ3) is 3.93. The molecule has 1 atom stereocenters. The number of amides is 6. The van der Waals surface area contributed by atoms with Crippen LogP contribution in [-0.4, -0.2) is 66.5 Å². The van der Waals surface area contributed by atoms with Gasteiger partial charge in [-0.1, -0.05) is 6.07 Å². The first-order valence-corrected chi connectivity index (χ1v) is 8.89. The van der Waals surface area contributed by atoms with Gasteiger partial charge >= 0.3 is 0 Å². The molecule has 0 radical (unpaired) electrons. The van der Waals surface area contributed by atoms with Crippen LogP contribution >= 0.6 is 0 Å². The highest BCUT2D eigenvalue weighted by Gasteiger charge is 2.45. The van der Waals surface area contributed by atoms with Crippen LogP contribution in [0.1, 0.15) is 33.6 Å². The number of likely N-dealkylation sites (N-methyl/N-ethyl adjacent to an activating group) is 1. The second kappa shape index (κ2) is 8.09. The predicted molar refractivity (Wildman–Crippen MR) is 98.7 cm³/mol. The Morgan fingerprint density at radius 1 is 1.10 bits per heavy atom. The molecule has 1 unspecified atom stereocenters. The molecule has 1 aromatic rings. The molecular formula is C18H19N5O6. The van der Waals surface area contributed by atoms with Crippen LogP contribution in [0.15, 0.2) is 18.2 Å². The standard InChI is InChI=1S/C18H19N5O6/c1-19-13(25)7-21-14(26)8-20-10-4-2-3-9-15(10)18(29)23(17(9)28)11-5-6-12(24)22-16(11)27/h2-4,11,20H,5-8H2,1H3,(H,19,25)(H,21,26)(H,22,24,27). The Morgan fingerprint density at radius 2 is 1.86 bits per heavy atom. The lowest BCUT2D eigenvalue weighted by molar-refractivity contribution is -0.136. The number of fused-ring (bicyclic) bond motifs is 1. The number of benzene rings is 1. The van der Waals surface area contributed by atoms with Gasteiger partial charge in [0.15, 0.2) is 0 Å². The molecule has 0 spiro atoms. The van der Waals surface area contributed by atoms with Gasteiger partial charge in [0, 0.05) is 19.2 Å². The number of rotatable bonds is 6. The average Bonchev–Trinajstić information content (AvgIpc) is 2.95. The highest BCUT2D eigenvalue weighted by atomic mass is 16.2. The van der Waals surface area contributed by atoms with Crippen LogP contribution in [0.2, 0.25) is 0 Å². The summed E-state index contributed by atoms with van der Waals surface area (Å²) < 4.78 is 0. The zero-order valence-corrected chi connectivity index (χ0v) is 15.5. The fourth-order valence-electron chi connectivity index (χ4n) is 3.17. The average molecular weight is 401 g/mol. The highest BCUT2D eigenvalue weighted by Crippen LogP contribution is 2.32. The predicted octanol–water partition coefficient (Wildman–Crippen LogP) is -1.64. The molecule has 2 heterocycles. The Kier molecular flexibility index (Phi) is 5.57. The van der Waals surface area contributed by atoms with E-state index < -0.39 is 35.6 Å². The molecule has 2 aliphatic heterocycles. The van der Waals surface area contributed by atoms with E-state index in [4.69, 9.17) is 0 Å². The van der Waals surface area contributed by atoms with Gasteiger partial charge in [-0.25, -0.2) is 0 Å². The molecule has 0 aliphatic carbocycles. The molecule has 0 aromatic heterocycles. The highest BCUT2D eigenvalue weighted by molar-refractivity contribution is 6.25. The topological polar surface area (TPSA) is 154 Å². The third-order valence-corrected chi connectivity index (χ3v) is 4.63. The number of nitrogens with zero attached hydrogens (tertiary/aromatic N) is 1. The molecule has 11 nitrogen and oxygen atoms in total. The molecule has 6 amide bonds. The maximum atomic E-state index is 12.9. The van der Waals surface area contributed by atoms with Crippen molar-refractivity contribution in [2.24, 2.45) is 0 Å². The molecule has 0 saturated carbocycles. The normalized spacial score (nSPS) is 18.2. The van der Waals surface area contributed by atoms with Gasteiger partial charge in [-0.2, -0.15) is 0 Å². The van der Waals surface area contributed by atoms with E-state index in [1.165, 1.54) is 19.2 Å². The first-order chi connectivity index (χ1) is 13.8. The van der Waals surface area contributed by atoms with E-state index >= 15 is 0 Å². The van der Waals surface area contributed by atoms with Crippen LogP contribution in [-0.2, 0) is 19.2 Å². The van der Waals surface area contributed by atoms with Crippen molar-refractivity contribution in [1.29, 1.82) is 0 Å². The Balaban J connectivity index is 1.75. The molecule has 2 aliphatic rings. The SMILES string of the molecule is CNC(=O)CNC(=O)CNc1cccc2c1C(=O)N(C1CCC(=O)NC1=O)C2=O. The molecule has 11 heteroatoms. The van der Waals surface area contributed by atoms with E-state index in [1.54, 1.807) is 6.07 Å². The summed E-state index contributed by atoms with van der Waals surface area (Å²) in [6.45, 7) is -0.419. The van der Waals surface area contributed by atoms with Gasteiger partial charge < -0.3 is 16.0 Å².